The number of likely N-dealkylation sites (N-methyl/N-ethyl adjacent to an activating group) is 1. The summed E-state index contributed by atoms with van der Waals surface area (Å²) in [5.74, 6) is -1.11. The number of carbonyl (C=O) groups is 1. The van der Waals surface area contributed by atoms with E-state index in [1.165, 1.54) is 0 Å². The van der Waals surface area contributed by atoms with E-state index in [0.29, 0.717) is 13.1 Å². The van der Waals surface area contributed by atoms with Crippen LogP contribution in [0.25, 0.3) is 0 Å². The minimum Gasteiger partial charge on any atom is -0.478 e. The minimum atomic E-state index is -1.25. The number of pyridine rings is 1. The highest BCUT2D eigenvalue weighted by atomic mass is 16.6. The number of aromatic nitrogens is 1. The van der Waals surface area contributed by atoms with Crippen LogP contribution in [0.1, 0.15) is 17.3 Å². The van der Waals surface area contributed by atoms with Crippen LogP contribution < -0.4 is 5.32 Å². The third kappa shape index (κ3) is 4.18. The molecule has 2 N–H and O–H groups in total. The zero-order chi connectivity index (χ0) is 14.4. The number of nitro groups is 1. The molecular weight excluding hydrogens is 252 g/mol. The van der Waals surface area contributed by atoms with E-state index >= 15 is 0 Å². The van der Waals surface area contributed by atoms with Gasteiger partial charge in [-0.05, 0) is 13.6 Å². The molecule has 1 aromatic heterocycles. The van der Waals surface area contributed by atoms with Crippen LogP contribution in [0.15, 0.2) is 12.3 Å². The molecule has 0 atom stereocenters. The lowest BCUT2D eigenvalue weighted by Gasteiger charge is -2.14. The number of hydrogen-bond donors (Lipinski definition) is 2. The lowest BCUT2D eigenvalue weighted by molar-refractivity contribution is -0.385. The Morgan fingerprint density at radius 1 is 1.63 bits per heavy atom. The lowest BCUT2D eigenvalue weighted by Crippen LogP contribution is -2.25. The summed E-state index contributed by atoms with van der Waals surface area (Å²) in [6.45, 7) is 4.11. The summed E-state index contributed by atoms with van der Waals surface area (Å²) in [7, 11) is 1.93. The van der Waals surface area contributed by atoms with E-state index in [9.17, 15) is 14.9 Å². The molecule has 0 radical (unpaired) electrons. The van der Waals surface area contributed by atoms with Gasteiger partial charge in [-0.2, -0.15) is 0 Å². The van der Waals surface area contributed by atoms with Crippen molar-refractivity contribution in [2.75, 3.05) is 32.0 Å². The highest BCUT2D eigenvalue weighted by Gasteiger charge is 2.17. The Morgan fingerprint density at radius 2 is 2.32 bits per heavy atom. The first kappa shape index (κ1) is 14.8. The molecule has 1 rings (SSSR count). The summed E-state index contributed by atoms with van der Waals surface area (Å²) < 4.78 is 0. The van der Waals surface area contributed by atoms with Gasteiger partial charge in [0.25, 0.3) is 5.69 Å². The summed E-state index contributed by atoms with van der Waals surface area (Å²) >= 11 is 0. The SMILES string of the molecule is CCN(C)CCNc1ncc([N+](=O)[O-])cc1C(=O)O. The molecule has 8 nitrogen and oxygen atoms in total. The van der Waals surface area contributed by atoms with Crippen LogP contribution in [0.4, 0.5) is 11.5 Å². The van der Waals surface area contributed by atoms with Crippen molar-refractivity contribution >= 4 is 17.5 Å². The van der Waals surface area contributed by atoms with Crippen molar-refractivity contribution in [1.82, 2.24) is 9.88 Å². The Bertz CT molecular complexity index is 478. The molecule has 0 spiro atoms. The molecule has 0 aliphatic rings. The predicted octanol–water partition coefficient (Wildman–Crippen LogP) is 1.05. The molecule has 0 aromatic carbocycles. The van der Waals surface area contributed by atoms with E-state index in [2.05, 4.69) is 10.3 Å². The van der Waals surface area contributed by atoms with Gasteiger partial charge in [0.15, 0.2) is 0 Å². The minimum absolute atomic E-state index is 0.141. The van der Waals surface area contributed by atoms with Crippen molar-refractivity contribution in [1.29, 1.82) is 0 Å². The summed E-state index contributed by atoms with van der Waals surface area (Å²) in [5.41, 5.74) is -0.540. The molecule has 1 heterocycles. The highest BCUT2D eigenvalue weighted by molar-refractivity contribution is 5.93. The van der Waals surface area contributed by atoms with Crippen molar-refractivity contribution in [2.45, 2.75) is 6.92 Å². The average molecular weight is 268 g/mol. The van der Waals surface area contributed by atoms with Gasteiger partial charge in [0, 0.05) is 19.2 Å². The van der Waals surface area contributed by atoms with Gasteiger partial charge in [-0.3, -0.25) is 10.1 Å². The Balaban J connectivity index is 2.82. The molecule has 0 saturated carbocycles. The number of carboxylic acid groups (broad SMARTS) is 1. The molecule has 1 aromatic rings. The topological polar surface area (TPSA) is 109 Å². The smallest absolute Gasteiger partial charge is 0.339 e. The van der Waals surface area contributed by atoms with Crippen LogP contribution >= 0.6 is 0 Å². The number of carboxylic acids is 1. The largest absolute Gasteiger partial charge is 0.478 e. The maximum Gasteiger partial charge on any atom is 0.339 e. The van der Waals surface area contributed by atoms with Crippen molar-refractivity contribution in [3.8, 4) is 0 Å². The summed E-state index contributed by atoms with van der Waals surface area (Å²) in [4.78, 5) is 26.8. The first-order valence-corrected chi connectivity index (χ1v) is 5.75. The van der Waals surface area contributed by atoms with Crippen LogP contribution in [0.2, 0.25) is 0 Å². The molecule has 0 fully saturated rings. The maximum absolute atomic E-state index is 11.0. The van der Waals surface area contributed by atoms with Gasteiger partial charge in [0.1, 0.15) is 17.6 Å². The van der Waals surface area contributed by atoms with Gasteiger partial charge >= 0.3 is 5.97 Å². The number of rotatable bonds is 7. The average Bonchev–Trinajstić information content (AvgIpc) is 2.38. The first-order chi connectivity index (χ1) is 8.95. The molecule has 0 saturated heterocycles. The monoisotopic (exact) mass is 268 g/mol. The summed E-state index contributed by atoms with van der Waals surface area (Å²) in [6.07, 6.45) is 1.04. The van der Waals surface area contributed by atoms with Gasteiger partial charge in [0.2, 0.25) is 0 Å². The maximum atomic E-state index is 11.0. The third-order valence-corrected chi connectivity index (χ3v) is 2.64. The number of aromatic carboxylic acids is 1. The van der Waals surface area contributed by atoms with Crippen molar-refractivity contribution in [3.05, 3.63) is 27.9 Å². The molecular formula is C11H16N4O4. The van der Waals surface area contributed by atoms with Crippen LogP contribution in [0.3, 0.4) is 0 Å². The number of nitrogens with one attached hydrogen (secondary N) is 1. The molecule has 0 bridgehead atoms. The fourth-order valence-electron chi connectivity index (χ4n) is 1.38. The van der Waals surface area contributed by atoms with Gasteiger partial charge in [-0.1, -0.05) is 6.92 Å². The molecule has 19 heavy (non-hydrogen) atoms. The quantitative estimate of drug-likeness (QED) is 0.562. The Hall–Kier alpha value is -2.22. The Labute approximate surface area is 110 Å². The second kappa shape index (κ2) is 6.64. The first-order valence-electron chi connectivity index (χ1n) is 5.75. The van der Waals surface area contributed by atoms with Gasteiger partial charge in [-0.25, -0.2) is 9.78 Å². The van der Waals surface area contributed by atoms with Gasteiger partial charge in [0.05, 0.1) is 4.92 Å². The molecule has 0 aliphatic heterocycles. The lowest BCUT2D eigenvalue weighted by atomic mass is 10.2. The van der Waals surface area contributed by atoms with E-state index < -0.39 is 10.9 Å². The van der Waals surface area contributed by atoms with E-state index in [4.69, 9.17) is 5.11 Å². The van der Waals surface area contributed by atoms with Gasteiger partial charge < -0.3 is 15.3 Å². The Kier molecular flexibility index (Phi) is 5.19. The van der Waals surface area contributed by atoms with Crippen molar-refractivity contribution < 1.29 is 14.8 Å². The normalized spacial score (nSPS) is 10.5. The number of hydrogen-bond acceptors (Lipinski definition) is 6. The summed E-state index contributed by atoms with van der Waals surface area (Å²) in [5, 5.41) is 22.5. The highest BCUT2D eigenvalue weighted by Crippen LogP contribution is 2.18. The summed E-state index contributed by atoms with van der Waals surface area (Å²) in [6, 6.07) is 1.00. The van der Waals surface area contributed by atoms with Crippen LogP contribution in [0.5, 0.6) is 0 Å². The zero-order valence-corrected chi connectivity index (χ0v) is 10.8. The zero-order valence-electron chi connectivity index (χ0n) is 10.8. The molecule has 0 aliphatic carbocycles. The fraction of sp³-hybridized carbons (Fsp3) is 0.455. The van der Waals surface area contributed by atoms with E-state index in [-0.39, 0.29) is 17.1 Å². The van der Waals surface area contributed by atoms with Crippen molar-refractivity contribution in [2.24, 2.45) is 0 Å². The van der Waals surface area contributed by atoms with Crippen LogP contribution in [-0.4, -0.2) is 52.6 Å². The van der Waals surface area contributed by atoms with Crippen LogP contribution in [0, 0.1) is 10.1 Å². The molecule has 104 valence electrons. The van der Waals surface area contributed by atoms with Crippen molar-refractivity contribution in [3.63, 3.8) is 0 Å². The second-order valence-corrected chi connectivity index (χ2v) is 3.97. The number of nitrogens with zero attached hydrogens (tertiary/aromatic N) is 3. The third-order valence-electron chi connectivity index (χ3n) is 2.64. The Morgan fingerprint density at radius 3 is 2.84 bits per heavy atom. The fourth-order valence-corrected chi connectivity index (χ4v) is 1.38. The van der Waals surface area contributed by atoms with Gasteiger partial charge in [-0.15, -0.1) is 0 Å². The van der Waals surface area contributed by atoms with E-state index in [1.54, 1.807) is 0 Å². The van der Waals surface area contributed by atoms with Crippen LogP contribution in [-0.2, 0) is 0 Å². The molecule has 8 heteroatoms. The standard InChI is InChI=1S/C11H16N4O4/c1-3-14(2)5-4-12-10-9(11(16)17)6-8(7-13-10)15(18)19/h6-7H,3-5H2,1-2H3,(H,12,13)(H,16,17). The molecule has 0 unspecified atom stereocenters. The number of anilines is 1. The molecule has 0 amide bonds. The van der Waals surface area contributed by atoms with E-state index in [1.807, 2.05) is 18.9 Å². The predicted molar refractivity (Wildman–Crippen MR) is 69.5 cm³/mol. The second-order valence-electron chi connectivity index (χ2n) is 3.97. The van der Waals surface area contributed by atoms with E-state index in [0.717, 1.165) is 18.8 Å².